The Morgan fingerprint density at radius 2 is 2.06 bits per heavy atom. The molecule has 0 aromatic heterocycles. The highest BCUT2D eigenvalue weighted by Crippen LogP contribution is 2.21. The fraction of sp³-hybridized carbons (Fsp3) is 0.533. The number of Topliss-reactive ketones (excluding diaryl/α,β-unsaturated/α-hetero) is 1. The average molecular weight is 247 g/mol. The molecule has 0 bridgehead atoms. The largest absolute Gasteiger partial charge is 0.493 e. The van der Waals surface area contributed by atoms with Gasteiger partial charge in [0.25, 0.3) is 0 Å². The van der Waals surface area contributed by atoms with Gasteiger partial charge in [-0.15, -0.1) is 0 Å². The van der Waals surface area contributed by atoms with Crippen molar-refractivity contribution in [2.75, 3.05) is 19.7 Å². The summed E-state index contributed by atoms with van der Waals surface area (Å²) in [5.74, 6) is 1.54. The SMILES string of the molecule is CC(=O)c1ccccc1OCCC1CCNCC1. The van der Waals surface area contributed by atoms with Crippen LogP contribution in [0.25, 0.3) is 0 Å². The van der Waals surface area contributed by atoms with Crippen LogP contribution in [0.4, 0.5) is 0 Å². The summed E-state index contributed by atoms with van der Waals surface area (Å²) < 4.78 is 5.76. The first-order valence-electron chi connectivity index (χ1n) is 6.71. The third kappa shape index (κ3) is 3.57. The summed E-state index contributed by atoms with van der Waals surface area (Å²) >= 11 is 0. The Morgan fingerprint density at radius 1 is 1.33 bits per heavy atom. The lowest BCUT2D eigenvalue weighted by Gasteiger charge is -2.22. The second-order valence-electron chi connectivity index (χ2n) is 4.88. The summed E-state index contributed by atoms with van der Waals surface area (Å²) in [6, 6.07) is 7.48. The molecule has 1 fully saturated rings. The van der Waals surface area contributed by atoms with Gasteiger partial charge in [-0.05, 0) is 57.3 Å². The Labute approximate surface area is 109 Å². The lowest BCUT2D eigenvalue weighted by Crippen LogP contribution is -2.28. The summed E-state index contributed by atoms with van der Waals surface area (Å²) in [7, 11) is 0. The van der Waals surface area contributed by atoms with Crippen molar-refractivity contribution in [1.29, 1.82) is 0 Å². The first kappa shape index (κ1) is 13.1. The van der Waals surface area contributed by atoms with Crippen LogP contribution in [0.15, 0.2) is 24.3 Å². The Balaban J connectivity index is 1.84. The monoisotopic (exact) mass is 247 g/mol. The summed E-state index contributed by atoms with van der Waals surface area (Å²) in [4.78, 5) is 11.4. The molecule has 0 unspecified atom stereocenters. The Hall–Kier alpha value is -1.35. The Morgan fingerprint density at radius 3 is 2.78 bits per heavy atom. The normalized spacial score (nSPS) is 16.5. The number of nitrogens with one attached hydrogen (secondary N) is 1. The van der Waals surface area contributed by atoms with Crippen molar-refractivity contribution < 1.29 is 9.53 Å². The van der Waals surface area contributed by atoms with Gasteiger partial charge in [0, 0.05) is 0 Å². The molecule has 1 aromatic carbocycles. The molecule has 1 aliphatic rings. The first-order valence-corrected chi connectivity index (χ1v) is 6.71. The van der Waals surface area contributed by atoms with Crippen LogP contribution in [0, 0.1) is 5.92 Å². The van der Waals surface area contributed by atoms with Crippen LogP contribution in [0.1, 0.15) is 36.5 Å². The number of ether oxygens (including phenoxy) is 1. The fourth-order valence-electron chi connectivity index (χ4n) is 2.39. The molecular formula is C15H21NO2. The van der Waals surface area contributed by atoms with E-state index in [-0.39, 0.29) is 5.78 Å². The van der Waals surface area contributed by atoms with Gasteiger partial charge in [-0.2, -0.15) is 0 Å². The second-order valence-corrected chi connectivity index (χ2v) is 4.88. The zero-order valence-electron chi connectivity index (χ0n) is 10.9. The lowest BCUT2D eigenvalue weighted by atomic mass is 9.95. The van der Waals surface area contributed by atoms with Crippen LogP contribution in [0.3, 0.4) is 0 Å². The minimum absolute atomic E-state index is 0.0625. The lowest BCUT2D eigenvalue weighted by molar-refractivity contribution is 0.101. The summed E-state index contributed by atoms with van der Waals surface area (Å²) in [5.41, 5.74) is 0.683. The van der Waals surface area contributed by atoms with Gasteiger partial charge in [0.2, 0.25) is 0 Å². The van der Waals surface area contributed by atoms with Crippen LogP contribution in [-0.4, -0.2) is 25.5 Å². The van der Waals surface area contributed by atoms with Gasteiger partial charge >= 0.3 is 0 Å². The van der Waals surface area contributed by atoms with Crippen molar-refractivity contribution >= 4 is 5.78 Å². The zero-order chi connectivity index (χ0) is 12.8. The number of piperidine rings is 1. The highest BCUT2D eigenvalue weighted by Gasteiger charge is 2.13. The third-order valence-electron chi connectivity index (χ3n) is 3.51. The molecule has 1 N–H and O–H groups in total. The topological polar surface area (TPSA) is 38.3 Å². The molecule has 98 valence electrons. The molecule has 1 heterocycles. The minimum Gasteiger partial charge on any atom is -0.493 e. The average Bonchev–Trinajstić information content (AvgIpc) is 2.40. The predicted octanol–water partition coefficient (Wildman–Crippen LogP) is 2.66. The third-order valence-corrected chi connectivity index (χ3v) is 3.51. The maximum Gasteiger partial charge on any atom is 0.163 e. The van der Waals surface area contributed by atoms with E-state index in [0.29, 0.717) is 12.2 Å². The van der Waals surface area contributed by atoms with E-state index < -0.39 is 0 Å². The van der Waals surface area contributed by atoms with E-state index in [1.807, 2.05) is 24.3 Å². The summed E-state index contributed by atoms with van der Waals surface area (Å²) in [6.45, 7) is 4.52. The van der Waals surface area contributed by atoms with Gasteiger partial charge in [0.1, 0.15) is 5.75 Å². The molecule has 0 aliphatic carbocycles. The van der Waals surface area contributed by atoms with Crippen LogP contribution >= 0.6 is 0 Å². The van der Waals surface area contributed by atoms with Gasteiger partial charge < -0.3 is 10.1 Å². The number of carbonyl (C=O) groups excluding carboxylic acids is 1. The van der Waals surface area contributed by atoms with Crippen molar-refractivity contribution in [3.8, 4) is 5.75 Å². The number of carbonyl (C=O) groups is 1. The molecule has 0 amide bonds. The molecule has 18 heavy (non-hydrogen) atoms. The molecule has 0 saturated carbocycles. The van der Waals surface area contributed by atoms with E-state index in [4.69, 9.17) is 4.74 Å². The summed E-state index contributed by atoms with van der Waals surface area (Å²) in [6.07, 6.45) is 3.54. The van der Waals surface area contributed by atoms with E-state index in [9.17, 15) is 4.79 Å². The Kier molecular flexibility index (Phi) is 4.76. The van der Waals surface area contributed by atoms with Gasteiger partial charge in [-0.3, -0.25) is 4.79 Å². The van der Waals surface area contributed by atoms with Crippen LogP contribution < -0.4 is 10.1 Å². The molecule has 0 atom stereocenters. The molecule has 3 heteroatoms. The standard InChI is InChI=1S/C15H21NO2/c1-12(17)14-4-2-3-5-15(14)18-11-8-13-6-9-16-10-7-13/h2-5,13,16H,6-11H2,1H3. The number of para-hydroxylation sites is 1. The van der Waals surface area contributed by atoms with Crippen LogP contribution in [0.5, 0.6) is 5.75 Å². The highest BCUT2D eigenvalue weighted by molar-refractivity contribution is 5.96. The van der Waals surface area contributed by atoms with Gasteiger partial charge in [-0.25, -0.2) is 0 Å². The van der Waals surface area contributed by atoms with Gasteiger partial charge in [-0.1, -0.05) is 12.1 Å². The second kappa shape index (κ2) is 6.55. The van der Waals surface area contributed by atoms with Crippen molar-refractivity contribution in [3.05, 3.63) is 29.8 Å². The minimum atomic E-state index is 0.0625. The van der Waals surface area contributed by atoms with E-state index >= 15 is 0 Å². The fourth-order valence-corrected chi connectivity index (χ4v) is 2.39. The van der Waals surface area contributed by atoms with Gasteiger partial charge in [0.15, 0.2) is 5.78 Å². The molecule has 1 saturated heterocycles. The van der Waals surface area contributed by atoms with Crippen molar-refractivity contribution in [1.82, 2.24) is 5.32 Å². The molecule has 0 radical (unpaired) electrons. The molecule has 0 spiro atoms. The molecule has 2 rings (SSSR count). The molecule has 3 nitrogen and oxygen atoms in total. The van der Waals surface area contributed by atoms with Crippen molar-refractivity contribution in [2.45, 2.75) is 26.2 Å². The quantitative estimate of drug-likeness (QED) is 0.813. The smallest absolute Gasteiger partial charge is 0.163 e. The maximum atomic E-state index is 11.4. The van der Waals surface area contributed by atoms with Gasteiger partial charge in [0.05, 0.1) is 12.2 Å². The number of rotatable bonds is 5. The Bertz CT molecular complexity index is 397. The maximum absolute atomic E-state index is 11.4. The first-order chi connectivity index (χ1) is 8.77. The van der Waals surface area contributed by atoms with E-state index in [2.05, 4.69) is 5.32 Å². The van der Waals surface area contributed by atoms with E-state index in [1.54, 1.807) is 6.92 Å². The van der Waals surface area contributed by atoms with Crippen molar-refractivity contribution in [2.24, 2.45) is 5.92 Å². The highest BCUT2D eigenvalue weighted by atomic mass is 16.5. The number of hydrogen-bond donors (Lipinski definition) is 1. The van der Waals surface area contributed by atoms with E-state index in [0.717, 1.165) is 31.2 Å². The molecular weight excluding hydrogens is 226 g/mol. The van der Waals surface area contributed by atoms with Crippen LogP contribution in [-0.2, 0) is 0 Å². The van der Waals surface area contributed by atoms with E-state index in [1.165, 1.54) is 12.8 Å². The number of ketones is 1. The summed E-state index contributed by atoms with van der Waals surface area (Å²) in [5, 5.41) is 3.36. The predicted molar refractivity (Wildman–Crippen MR) is 72.2 cm³/mol. The number of hydrogen-bond acceptors (Lipinski definition) is 3. The zero-order valence-corrected chi connectivity index (χ0v) is 10.9. The van der Waals surface area contributed by atoms with Crippen LogP contribution in [0.2, 0.25) is 0 Å². The molecule has 1 aromatic rings. The van der Waals surface area contributed by atoms with Crippen molar-refractivity contribution in [3.63, 3.8) is 0 Å². The molecule has 1 aliphatic heterocycles. The number of benzene rings is 1.